The second-order valence-corrected chi connectivity index (χ2v) is 5.37. The number of alkyl halides is 2. The molecule has 1 aromatic heterocycles. The minimum absolute atomic E-state index is 0.0195. The first-order valence-electron chi connectivity index (χ1n) is 6.94. The van der Waals surface area contributed by atoms with Gasteiger partial charge in [-0.3, -0.25) is 4.68 Å². The molecule has 2 amide bonds. The predicted molar refractivity (Wildman–Crippen MR) is 73.4 cm³/mol. The summed E-state index contributed by atoms with van der Waals surface area (Å²) in [4.78, 5) is 13.8. The van der Waals surface area contributed by atoms with Crippen molar-refractivity contribution in [3.8, 4) is 0 Å². The number of hydrogen-bond acceptors (Lipinski definition) is 3. The number of nitrogens with zero attached hydrogens (tertiary/aromatic N) is 3. The van der Waals surface area contributed by atoms with E-state index in [1.165, 1.54) is 12.4 Å². The van der Waals surface area contributed by atoms with Gasteiger partial charge in [0.05, 0.1) is 24.6 Å². The van der Waals surface area contributed by atoms with Crippen LogP contribution in [-0.2, 0) is 11.3 Å². The van der Waals surface area contributed by atoms with Crippen molar-refractivity contribution in [3.05, 3.63) is 12.4 Å². The third kappa shape index (κ3) is 4.38. The fourth-order valence-electron chi connectivity index (χ4n) is 2.14. The highest BCUT2D eigenvalue weighted by Crippen LogP contribution is 2.15. The van der Waals surface area contributed by atoms with Crippen LogP contribution < -0.4 is 5.32 Å². The van der Waals surface area contributed by atoms with E-state index in [1.54, 1.807) is 4.90 Å². The first-order chi connectivity index (χ1) is 9.95. The molecular weight excluding hydrogens is 282 g/mol. The van der Waals surface area contributed by atoms with Gasteiger partial charge in [0.1, 0.15) is 6.54 Å². The Labute approximate surface area is 122 Å². The van der Waals surface area contributed by atoms with E-state index < -0.39 is 13.0 Å². The van der Waals surface area contributed by atoms with Gasteiger partial charge < -0.3 is 15.0 Å². The molecule has 21 heavy (non-hydrogen) atoms. The Hall–Kier alpha value is -1.70. The van der Waals surface area contributed by atoms with Gasteiger partial charge in [-0.15, -0.1) is 0 Å². The second-order valence-electron chi connectivity index (χ2n) is 5.37. The van der Waals surface area contributed by atoms with Gasteiger partial charge in [0.25, 0.3) is 6.43 Å². The normalized spacial score (nSPS) is 19.3. The molecular formula is C13H20F2N4O2. The Bertz CT molecular complexity index is 478. The lowest BCUT2D eigenvalue weighted by Gasteiger charge is -2.34. The van der Waals surface area contributed by atoms with Gasteiger partial charge in [0, 0.05) is 19.3 Å². The van der Waals surface area contributed by atoms with Crippen LogP contribution in [-0.4, -0.2) is 52.9 Å². The van der Waals surface area contributed by atoms with Crippen molar-refractivity contribution in [2.45, 2.75) is 32.9 Å². The number of carbonyl (C=O) groups is 1. The summed E-state index contributed by atoms with van der Waals surface area (Å²) in [5.41, 5.74) is 0.410. The SMILES string of the molecule is CC(C)[C@@H]1CN(C(=O)Nc2cnn(CC(F)F)c2)CCO1. The van der Waals surface area contributed by atoms with Crippen molar-refractivity contribution in [1.82, 2.24) is 14.7 Å². The first-order valence-corrected chi connectivity index (χ1v) is 6.94. The van der Waals surface area contributed by atoms with Crippen molar-refractivity contribution in [3.63, 3.8) is 0 Å². The standard InChI is InChI=1S/C13H20F2N4O2/c1-9(2)11-7-18(3-4-21-11)13(20)17-10-5-16-19(6-10)8-12(14)15/h5-6,9,11-12H,3-4,7-8H2,1-2H3,(H,17,20)/t11-/m0/s1. The van der Waals surface area contributed by atoms with Gasteiger partial charge in [0.2, 0.25) is 0 Å². The Balaban J connectivity index is 1.90. The van der Waals surface area contributed by atoms with E-state index in [9.17, 15) is 13.6 Å². The molecule has 6 nitrogen and oxygen atoms in total. The maximum atomic E-state index is 12.2. The van der Waals surface area contributed by atoms with Gasteiger partial charge in [-0.05, 0) is 5.92 Å². The van der Waals surface area contributed by atoms with Gasteiger partial charge in [-0.25, -0.2) is 13.6 Å². The molecule has 2 heterocycles. The average Bonchev–Trinajstić information content (AvgIpc) is 2.85. The zero-order valence-electron chi connectivity index (χ0n) is 12.1. The zero-order valence-corrected chi connectivity index (χ0v) is 12.1. The van der Waals surface area contributed by atoms with Crippen LogP contribution in [0.25, 0.3) is 0 Å². The smallest absolute Gasteiger partial charge is 0.322 e. The molecule has 0 saturated carbocycles. The monoisotopic (exact) mass is 302 g/mol. The van der Waals surface area contributed by atoms with E-state index in [0.717, 1.165) is 4.68 Å². The average molecular weight is 302 g/mol. The van der Waals surface area contributed by atoms with E-state index in [-0.39, 0.29) is 12.1 Å². The lowest BCUT2D eigenvalue weighted by Crippen LogP contribution is -2.48. The number of hydrogen-bond donors (Lipinski definition) is 1. The summed E-state index contributed by atoms with van der Waals surface area (Å²) < 4.78 is 31.2. The molecule has 118 valence electrons. The molecule has 8 heteroatoms. The van der Waals surface area contributed by atoms with Gasteiger partial charge in [-0.2, -0.15) is 5.10 Å². The number of amides is 2. The molecule has 0 aliphatic carbocycles. The molecule has 1 saturated heterocycles. The molecule has 1 aromatic rings. The second kappa shape index (κ2) is 6.84. The van der Waals surface area contributed by atoms with Crippen LogP contribution in [0, 0.1) is 5.92 Å². The predicted octanol–water partition coefficient (Wildman–Crippen LogP) is 2.04. The zero-order chi connectivity index (χ0) is 15.4. The Morgan fingerprint density at radius 1 is 1.57 bits per heavy atom. The van der Waals surface area contributed by atoms with E-state index in [2.05, 4.69) is 10.4 Å². The number of anilines is 1. The molecule has 0 spiro atoms. The van der Waals surface area contributed by atoms with Gasteiger partial charge in [-0.1, -0.05) is 13.8 Å². The number of urea groups is 1. The van der Waals surface area contributed by atoms with E-state index in [4.69, 9.17) is 4.74 Å². The minimum atomic E-state index is -2.47. The molecule has 1 N–H and O–H groups in total. The third-order valence-electron chi connectivity index (χ3n) is 3.33. The summed E-state index contributed by atoms with van der Waals surface area (Å²) in [6, 6.07) is -0.263. The fourth-order valence-corrected chi connectivity index (χ4v) is 2.14. The van der Waals surface area contributed by atoms with Crippen molar-refractivity contribution >= 4 is 11.7 Å². The van der Waals surface area contributed by atoms with Gasteiger partial charge >= 0.3 is 6.03 Å². The highest BCUT2D eigenvalue weighted by atomic mass is 19.3. The molecule has 0 unspecified atom stereocenters. The summed E-state index contributed by atoms with van der Waals surface area (Å²) in [6.07, 6.45) is 0.302. The first kappa shape index (κ1) is 15.7. The minimum Gasteiger partial charge on any atom is -0.374 e. The number of halogens is 2. The van der Waals surface area contributed by atoms with Crippen molar-refractivity contribution in [2.75, 3.05) is 25.0 Å². The summed E-state index contributed by atoms with van der Waals surface area (Å²) >= 11 is 0. The number of nitrogens with one attached hydrogen (secondary N) is 1. The Morgan fingerprint density at radius 2 is 2.33 bits per heavy atom. The number of carbonyl (C=O) groups excluding carboxylic acids is 1. The summed E-state index contributed by atoms with van der Waals surface area (Å²) in [5.74, 6) is 0.328. The van der Waals surface area contributed by atoms with Crippen molar-refractivity contribution in [2.24, 2.45) is 5.92 Å². The van der Waals surface area contributed by atoms with Crippen LogP contribution in [0.4, 0.5) is 19.3 Å². The number of rotatable bonds is 4. The Kier molecular flexibility index (Phi) is 5.11. The van der Waals surface area contributed by atoms with Gasteiger partial charge in [0.15, 0.2) is 0 Å². The lowest BCUT2D eigenvalue weighted by atomic mass is 10.1. The van der Waals surface area contributed by atoms with Crippen LogP contribution >= 0.6 is 0 Å². The Morgan fingerprint density at radius 3 is 3.00 bits per heavy atom. The molecule has 0 radical (unpaired) electrons. The number of morpholine rings is 1. The highest BCUT2D eigenvalue weighted by Gasteiger charge is 2.26. The van der Waals surface area contributed by atoms with E-state index >= 15 is 0 Å². The molecule has 1 aliphatic rings. The summed E-state index contributed by atoms with van der Waals surface area (Å²) in [7, 11) is 0. The maximum absolute atomic E-state index is 12.2. The topological polar surface area (TPSA) is 59.4 Å². The van der Waals surface area contributed by atoms with Crippen LogP contribution in [0.15, 0.2) is 12.4 Å². The van der Waals surface area contributed by atoms with Crippen LogP contribution in [0.3, 0.4) is 0 Å². The maximum Gasteiger partial charge on any atom is 0.322 e. The van der Waals surface area contributed by atoms with Crippen molar-refractivity contribution in [1.29, 1.82) is 0 Å². The van der Waals surface area contributed by atoms with Crippen LogP contribution in [0.1, 0.15) is 13.8 Å². The highest BCUT2D eigenvalue weighted by molar-refractivity contribution is 5.89. The molecule has 1 fully saturated rings. The largest absolute Gasteiger partial charge is 0.374 e. The van der Waals surface area contributed by atoms with E-state index in [0.29, 0.717) is 31.3 Å². The quantitative estimate of drug-likeness (QED) is 0.926. The molecule has 2 rings (SSSR count). The van der Waals surface area contributed by atoms with Crippen molar-refractivity contribution < 1.29 is 18.3 Å². The summed E-state index contributed by atoms with van der Waals surface area (Å²) in [6.45, 7) is 5.14. The number of ether oxygens (including phenoxy) is 1. The lowest BCUT2D eigenvalue weighted by molar-refractivity contribution is -0.0354. The molecule has 1 atom stereocenters. The summed E-state index contributed by atoms with van der Waals surface area (Å²) in [5, 5.41) is 6.44. The molecule has 0 aromatic carbocycles. The molecule has 0 bridgehead atoms. The fraction of sp³-hybridized carbons (Fsp3) is 0.692. The van der Waals surface area contributed by atoms with Crippen LogP contribution in [0.2, 0.25) is 0 Å². The van der Waals surface area contributed by atoms with Crippen LogP contribution in [0.5, 0.6) is 0 Å². The third-order valence-corrected chi connectivity index (χ3v) is 3.33. The van der Waals surface area contributed by atoms with E-state index in [1.807, 2.05) is 13.8 Å². The number of aromatic nitrogens is 2. The molecule has 1 aliphatic heterocycles.